The Labute approximate surface area is 129 Å². The molecule has 0 radical (unpaired) electrons. The Morgan fingerprint density at radius 2 is 2.35 bits per heavy atom. The maximum atomic E-state index is 12.6. The van der Waals surface area contributed by atoms with Crippen LogP contribution in [0.3, 0.4) is 0 Å². The van der Waals surface area contributed by atoms with Gasteiger partial charge in [-0.3, -0.25) is 4.79 Å². The maximum absolute atomic E-state index is 12.6. The first-order valence-electron chi connectivity index (χ1n) is 7.34. The number of halogens is 1. The lowest BCUT2D eigenvalue weighted by Gasteiger charge is -2.27. The van der Waals surface area contributed by atoms with Crippen LogP contribution in [0.25, 0.3) is 0 Å². The Morgan fingerprint density at radius 1 is 1.55 bits per heavy atom. The molecule has 2 rings (SSSR count). The van der Waals surface area contributed by atoms with E-state index in [9.17, 15) is 4.79 Å². The minimum atomic E-state index is 0.0679. The summed E-state index contributed by atoms with van der Waals surface area (Å²) in [4.78, 5) is 14.3. The molecule has 0 N–H and O–H groups in total. The van der Waals surface area contributed by atoms with Gasteiger partial charge in [0.15, 0.2) is 0 Å². The Bertz CT molecular complexity index is 453. The van der Waals surface area contributed by atoms with E-state index in [1.165, 1.54) is 6.42 Å². The molecule has 1 atom stereocenters. The van der Waals surface area contributed by atoms with E-state index in [2.05, 4.69) is 22.9 Å². The highest BCUT2D eigenvalue weighted by Crippen LogP contribution is 2.18. The second kappa shape index (κ2) is 7.27. The highest BCUT2D eigenvalue weighted by atomic mass is 79.9. The van der Waals surface area contributed by atoms with Crippen molar-refractivity contribution in [2.75, 3.05) is 20.2 Å². The van der Waals surface area contributed by atoms with Gasteiger partial charge in [-0.05, 0) is 47.7 Å². The third kappa shape index (κ3) is 3.85. The van der Waals surface area contributed by atoms with Gasteiger partial charge in [0, 0.05) is 37.4 Å². The van der Waals surface area contributed by atoms with Crippen LogP contribution in [-0.4, -0.2) is 41.7 Å². The number of amides is 1. The van der Waals surface area contributed by atoms with E-state index >= 15 is 0 Å². The van der Waals surface area contributed by atoms with E-state index in [0.29, 0.717) is 6.54 Å². The number of likely N-dealkylation sites (N-methyl/N-ethyl adjacent to an activating group) is 1. The Kier molecular flexibility index (Phi) is 5.66. The molecule has 0 spiro atoms. The average Bonchev–Trinajstić information content (AvgIpc) is 2.80. The summed E-state index contributed by atoms with van der Waals surface area (Å²) in [6.07, 6.45) is 6.57. The molecule has 20 heavy (non-hydrogen) atoms. The molecule has 1 saturated heterocycles. The summed E-state index contributed by atoms with van der Waals surface area (Å²) >= 11 is 3.45. The fourth-order valence-electron chi connectivity index (χ4n) is 2.62. The third-order valence-corrected chi connectivity index (χ3v) is 4.08. The molecule has 0 aliphatic carbocycles. The second-order valence-electron chi connectivity index (χ2n) is 5.41. The quantitative estimate of drug-likeness (QED) is 0.822. The molecule has 4 nitrogen and oxygen atoms in total. The van der Waals surface area contributed by atoms with E-state index in [0.717, 1.165) is 42.6 Å². The molecule has 1 fully saturated rings. The van der Waals surface area contributed by atoms with Crippen molar-refractivity contribution in [3.63, 3.8) is 0 Å². The Morgan fingerprint density at radius 3 is 3.00 bits per heavy atom. The van der Waals surface area contributed by atoms with Gasteiger partial charge in [0.25, 0.3) is 5.91 Å². The van der Waals surface area contributed by atoms with Gasteiger partial charge >= 0.3 is 0 Å². The first kappa shape index (κ1) is 15.6. The number of aromatic nitrogens is 1. The van der Waals surface area contributed by atoms with Crippen molar-refractivity contribution in [3.8, 4) is 0 Å². The molecule has 0 saturated carbocycles. The van der Waals surface area contributed by atoms with Crippen molar-refractivity contribution in [2.45, 2.75) is 45.3 Å². The largest absolute Gasteiger partial charge is 0.376 e. The topological polar surface area (TPSA) is 34.5 Å². The fourth-order valence-corrected chi connectivity index (χ4v) is 3.08. The van der Waals surface area contributed by atoms with E-state index in [-0.39, 0.29) is 12.0 Å². The number of hydrogen-bond donors (Lipinski definition) is 0. The van der Waals surface area contributed by atoms with Crippen molar-refractivity contribution < 1.29 is 9.53 Å². The number of nitrogens with zero attached hydrogens (tertiary/aromatic N) is 2. The average molecular weight is 343 g/mol. The zero-order chi connectivity index (χ0) is 14.5. The number of hydrogen-bond acceptors (Lipinski definition) is 2. The van der Waals surface area contributed by atoms with Crippen molar-refractivity contribution in [1.82, 2.24) is 9.47 Å². The summed E-state index contributed by atoms with van der Waals surface area (Å²) in [5.74, 6) is 0.0679. The first-order chi connectivity index (χ1) is 9.61. The molecule has 1 aliphatic rings. The van der Waals surface area contributed by atoms with E-state index in [4.69, 9.17) is 4.74 Å². The normalized spacial score (nSPS) is 19.1. The van der Waals surface area contributed by atoms with Crippen LogP contribution in [-0.2, 0) is 11.3 Å². The van der Waals surface area contributed by atoms with Crippen LogP contribution in [0.15, 0.2) is 16.7 Å². The SMILES string of the molecule is CCCn1cc(Br)cc1C(=O)N(C)CC1CCCCO1. The van der Waals surface area contributed by atoms with E-state index < -0.39 is 0 Å². The number of aryl methyl sites for hydroxylation is 1. The van der Waals surface area contributed by atoms with Gasteiger partial charge in [-0.25, -0.2) is 0 Å². The van der Waals surface area contributed by atoms with Gasteiger partial charge in [-0.15, -0.1) is 0 Å². The van der Waals surface area contributed by atoms with Gasteiger partial charge in [0.2, 0.25) is 0 Å². The summed E-state index contributed by atoms with van der Waals surface area (Å²) in [5, 5.41) is 0. The highest BCUT2D eigenvalue weighted by molar-refractivity contribution is 9.10. The van der Waals surface area contributed by atoms with Crippen LogP contribution in [0.1, 0.15) is 43.1 Å². The molecule has 2 heterocycles. The summed E-state index contributed by atoms with van der Waals surface area (Å²) in [5.41, 5.74) is 0.747. The van der Waals surface area contributed by atoms with Gasteiger partial charge in [0.05, 0.1) is 6.10 Å². The summed E-state index contributed by atoms with van der Waals surface area (Å²) < 4.78 is 8.68. The molecule has 0 aromatic carbocycles. The maximum Gasteiger partial charge on any atom is 0.270 e. The Hall–Kier alpha value is -0.810. The first-order valence-corrected chi connectivity index (χ1v) is 8.14. The van der Waals surface area contributed by atoms with Crippen molar-refractivity contribution >= 4 is 21.8 Å². The predicted octanol–water partition coefficient (Wildman–Crippen LogP) is 3.30. The molecule has 0 bridgehead atoms. The minimum absolute atomic E-state index is 0.0679. The zero-order valence-electron chi connectivity index (χ0n) is 12.3. The number of rotatable bonds is 5. The number of ether oxygens (including phenoxy) is 1. The highest BCUT2D eigenvalue weighted by Gasteiger charge is 2.22. The van der Waals surface area contributed by atoms with Crippen LogP contribution in [0.5, 0.6) is 0 Å². The lowest BCUT2D eigenvalue weighted by Crippen LogP contribution is -2.37. The standard InChI is InChI=1S/C15H23BrN2O2/c1-3-7-18-10-12(16)9-14(18)15(19)17(2)11-13-6-4-5-8-20-13/h9-10,13H,3-8,11H2,1-2H3. The summed E-state index contributed by atoms with van der Waals surface area (Å²) in [6, 6.07) is 1.90. The van der Waals surface area contributed by atoms with Crippen LogP contribution in [0, 0.1) is 0 Å². The van der Waals surface area contributed by atoms with Crippen molar-refractivity contribution in [1.29, 1.82) is 0 Å². The summed E-state index contributed by atoms with van der Waals surface area (Å²) in [7, 11) is 1.86. The smallest absolute Gasteiger partial charge is 0.270 e. The fraction of sp³-hybridized carbons (Fsp3) is 0.667. The minimum Gasteiger partial charge on any atom is -0.376 e. The van der Waals surface area contributed by atoms with Crippen molar-refractivity contribution in [2.24, 2.45) is 0 Å². The van der Waals surface area contributed by atoms with Crippen LogP contribution in [0.2, 0.25) is 0 Å². The van der Waals surface area contributed by atoms with Crippen LogP contribution in [0.4, 0.5) is 0 Å². The molecule has 5 heteroatoms. The van der Waals surface area contributed by atoms with Crippen molar-refractivity contribution in [3.05, 3.63) is 22.4 Å². The van der Waals surface area contributed by atoms with E-state index in [1.807, 2.05) is 23.9 Å². The molecule has 1 aromatic rings. The predicted molar refractivity (Wildman–Crippen MR) is 83.0 cm³/mol. The number of carbonyl (C=O) groups is 1. The molecule has 1 unspecified atom stereocenters. The molecule has 1 amide bonds. The molecular formula is C15H23BrN2O2. The second-order valence-corrected chi connectivity index (χ2v) is 6.33. The van der Waals surface area contributed by atoms with Gasteiger partial charge in [-0.2, -0.15) is 0 Å². The molecular weight excluding hydrogens is 320 g/mol. The molecule has 112 valence electrons. The van der Waals surface area contributed by atoms with Crippen LogP contribution < -0.4 is 0 Å². The van der Waals surface area contributed by atoms with Crippen LogP contribution >= 0.6 is 15.9 Å². The summed E-state index contributed by atoms with van der Waals surface area (Å²) in [6.45, 7) is 4.47. The Balaban J connectivity index is 2.01. The monoisotopic (exact) mass is 342 g/mol. The lowest BCUT2D eigenvalue weighted by molar-refractivity contribution is -0.000375. The van der Waals surface area contributed by atoms with Gasteiger partial charge in [0.1, 0.15) is 5.69 Å². The molecule has 1 aromatic heterocycles. The number of carbonyl (C=O) groups excluding carboxylic acids is 1. The zero-order valence-corrected chi connectivity index (χ0v) is 13.9. The third-order valence-electron chi connectivity index (χ3n) is 3.65. The lowest BCUT2D eigenvalue weighted by atomic mass is 10.1. The van der Waals surface area contributed by atoms with Gasteiger partial charge < -0.3 is 14.2 Å². The van der Waals surface area contributed by atoms with E-state index in [1.54, 1.807) is 4.90 Å². The van der Waals surface area contributed by atoms with Gasteiger partial charge in [-0.1, -0.05) is 6.92 Å². The molecule has 1 aliphatic heterocycles.